The van der Waals surface area contributed by atoms with Crippen molar-refractivity contribution in [3.05, 3.63) is 24.3 Å². The molecule has 0 spiro atoms. The van der Waals surface area contributed by atoms with E-state index in [1.54, 1.807) is 12.1 Å². The molecule has 4 aliphatic carbocycles. The highest BCUT2D eigenvalue weighted by Crippen LogP contribution is 2.60. The third kappa shape index (κ3) is 4.18. The van der Waals surface area contributed by atoms with Gasteiger partial charge in [0.25, 0.3) is 0 Å². The average molecular weight is 462 g/mol. The van der Waals surface area contributed by atoms with Crippen molar-refractivity contribution in [3.63, 3.8) is 0 Å². The number of nitrogens with zero attached hydrogens (tertiary/aromatic N) is 1. The second-order valence-electron chi connectivity index (χ2n) is 9.97. The number of ether oxygens (including phenoxy) is 1. The molecule has 1 saturated heterocycles. The summed E-state index contributed by atoms with van der Waals surface area (Å²) in [6.07, 6.45) is 6.64. The molecule has 1 heterocycles. The minimum atomic E-state index is -3.64. The second-order valence-corrected chi connectivity index (χ2v) is 11.9. The van der Waals surface area contributed by atoms with E-state index in [-0.39, 0.29) is 28.7 Å². The van der Waals surface area contributed by atoms with Gasteiger partial charge in [-0.1, -0.05) is 6.07 Å². The van der Waals surface area contributed by atoms with Gasteiger partial charge in [-0.25, -0.2) is 8.42 Å². The highest BCUT2D eigenvalue weighted by atomic mass is 32.2. The zero-order valence-corrected chi connectivity index (χ0v) is 19.0. The van der Waals surface area contributed by atoms with Crippen molar-refractivity contribution in [2.24, 2.45) is 23.2 Å². The Balaban J connectivity index is 1.19. The van der Waals surface area contributed by atoms with Gasteiger partial charge in [0.15, 0.2) is 0 Å². The monoisotopic (exact) mass is 461 g/mol. The number of carbonyl (C=O) groups excluding carboxylic acids is 2. The van der Waals surface area contributed by atoms with E-state index in [0.29, 0.717) is 49.7 Å². The number of sulfonamides is 1. The lowest BCUT2D eigenvalue weighted by atomic mass is 9.49. The Kier molecular flexibility index (Phi) is 5.75. The maximum Gasteiger partial charge on any atom is 0.243 e. The molecular weight excluding hydrogens is 430 g/mol. The van der Waals surface area contributed by atoms with E-state index in [0.717, 1.165) is 19.3 Å². The summed E-state index contributed by atoms with van der Waals surface area (Å²) in [5.41, 5.74) is 0.106. The van der Waals surface area contributed by atoms with E-state index in [2.05, 4.69) is 10.6 Å². The van der Waals surface area contributed by atoms with Crippen LogP contribution < -0.4 is 10.6 Å². The molecule has 5 aliphatic rings. The number of hydrogen-bond donors (Lipinski definition) is 2. The van der Waals surface area contributed by atoms with Gasteiger partial charge in [0, 0.05) is 24.2 Å². The molecule has 0 unspecified atom stereocenters. The first-order chi connectivity index (χ1) is 15.3. The summed E-state index contributed by atoms with van der Waals surface area (Å²) < 4.78 is 32.3. The molecule has 5 fully saturated rings. The van der Waals surface area contributed by atoms with Crippen LogP contribution in [0.25, 0.3) is 0 Å². The van der Waals surface area contributed by atoms with Gasteiger partial charge in [-0.2, -0.15) is 4.31 Å². The smallest absolute Gasteiger partial charge is 0.243 e. The molecule has 0 radical (unpaired) electrons. The zero-order valence-electron chi connectivity index (χ0n) is 18.2. The molecule has 2 N–H and O–H groups in total. The van der Waals surface area contributed by atoms with Crippen molar-refractivity contribution in [2.45, 2.75) is 43.4 Å². The molecule has 1 aromatic carbocycles. The maximum atomic E-state index is 13.0. The fraction of sp³-hybridized carbons (Fsp3) is 0.652. The van der Waals surface area contributed by atoms with E-state index in [1.807, 2.05) is 0 Å². The van der Waals surface area contributed by atoms with Crippen molar-refractivity contribution < 1.29 is 22.7 Å². The van der Waals surface area contributed by atoms with Crippen LogP contribution in [0.5, 0.6) is 0 Å². The van der Waals surface area contributed by atoms with Gasteiger partial charge in [0.1, 0.15) is 0 Å². The normalized spacial score (nSPS) is 31.9. The Hall–Kier alpha value is -1.97. The van der Waals surface area contributed by atoms with Crippen molar-refractivity contribution >= 4 is 27.5 Å². The lowest BCUT2D eigenvalue weighted by Gasteiger charge is -2.55. The number of anilines is 1. The fourth-order valence-corrected chi connectivity index (χ4v) is 8.07. The highest BCUT2D eigenvalue weighted by Gasteiger charge is 2.54. The van der Waals surface area contributed by atoms with E-state index in [9.17, 15) is 18.0 Å². The lowest BCUT2D eigenvalue weighted by Crippen LogP contribution is -2.54. The number of carbonyl (C=O) groups is 2. The third-order valence-electron chi connectivity index (χ3n) is 7.66. The largest absolute Gasteiger partial charge is 0.379 e. The first-order valence-electron chi connectivity index (χ1n) is 11.6. The Morgan fingerprint density at radius 2 is 1.66 bits per heavy atom. The van der Waals surface area contributed by atoms with Crippen LogP contribution in [-0.2, 0) is 24.3 Å². The molecule has 9 heteroatoms. The number of benzene rings is 1. The van der Waals surface area contributed by atoms with Crippen LogP contribution >= 0.6 is 0 Å². The molecule has 6 rings (SSSR count). The number of nitrogens with one attached hydrogen (secondary N) is 2. The van der Waals surface area contributed by atoms with Crippen molar-refractivity contribution in [3.8, 4) is 0 Å². The minimum Gasteiger partial charge on any atom is -0.379 e. The summed E-state index contributed by atoms with van der Waals surface area (Å²) in [5, 5.41) is 5.59. The number of morpholine rings is 1. The van der Waals surface area contributed by atoms with Gasteiger partial charge in [-0.3, -0.25) is 9.59 Å². The van der Waals surface area contributed by atoms with Crippen LogP contribution in [0.15, 0.2) is 29.2 Å². The first kappa shape index (κ1) is 21.9. The van der Waals surface area contributed by atoms with Gasteiger partial charge in [-0.15, -0.1) is 0 Å². The highest BCUT2D eigenvalue weighted by molar-refractivity contribution is 7.89. The van der Waals surface area contributed by atoms with Crippen LogP contribution in [-0.4, -0.2) is 57.4 Å². The Morgan fingerprint density at radius 1 is 1.03 bits per heavy atom. The Bertz CT molecular complexity index is 967. The predicted octanol–water partition coefficient (Wildman–Crippen LogP) is 1.98. The van der Waals surface area contributed by atoms with Crippen molar-refractivity contribution in [1.29, 1.82) is 0 Å². The van der Waals surface area contributed by atoms with Crippen molar-refractivity contribution in [1.82, 2.24) is 9.62 Å². The van der Waals surface area contributed by atoms with E-state index in [4.69, 9.17) is 4.74 Å². The van der Waals surface area contributed by atoms with E-state index >= 15 is 0 Å². The number of rotatable bonds is 6. The lowest BCUT2D eigenvalue weighted by molar-refractivity contribution is -0.146. The van der Waals surface area contributed by atoms with Gasteiger partial charge in [0.05, 0.1) is 24.7 Å². The van der Waals surface area contributed by atoms with Gasteiger partial charge in [-0.05, 0) is 74.5 Å². The van der Waals surface area contributed by atoms with Crippen molar-refractivity contribution in [2.75, 3.05) is 38.2 Å². The minimum absolute atomic E-state index is 0.00963. The zero-order chi connectivity index (χ0) is 22.3. The van der Waals surface area contributed by atoms with Gasteiger partial charge >= 0.3 is 0 Å². The SMILES string of the molecule is O=C(CNC(=O)C12CC3CC(CC(C3)C1)C2)Nc1cccc(S(=O)(=O)N2CCOCC2)c1. The standard InChI is InChI=1S/C23H31N3O5S/c27-21(15-24-22(28)23-12-16-8-17(13-23)10-18(9-16)14-23)25-19-2-1-3-20(11-19)32(29,30)26-4-6-31-7-5-26/h1-3,11,16-18H,4-10,12-15H2,(H,24,28)(H,25,27). The molecule has 8 nitrogen and oxygen atoms in total. The van der Waals surface area contributed by atoms with Crippen LogP contribution in [0.4, 0.5) is 5.69 Å². The summed E-state index contributed by atoms with van der Waals surface area (Å²) in [5.74, 6) is 1.64. The van der Waals surface area contributed by atoms with Gasteiger partial charge < -0.3 is 15.4 Å². The van der Waals surface area contributed by atoms with E-state index in [1.165, 1.54) is 35.7 Å². The molecular formula is C23H31N3O5S. The van der Waals surface area contributed by atoms with Crippen LogP contribution in [0.2, 0.25) is 0 Å². The summed E-state index contributed by atoms with van der Waals surface area (Å²) in [4.78, 5) is 25.7. The van der Waals surface area contributed by atoms with Crippen LogP contribution in [0.1, 0.15) is 38.5 Å². The average Bonchev–Trinajstić information content (AvgIpc) is 2.77. The number of hydrogen-bond acceptors (Lipinski definition) is 5. The second kappa shape index (κ2) is 8.43. The molecule has 2 amide bonds. The van der Waals surface area contributed by atoms with Crippen LogP contribution in [0, 0.1) is 23.2 Å². The Morgan fingerprint density at radius 3 is 2.28 bits per heavy atom. The molecule has 174 valence electrons. The summed E-state index contributed by atoms with van der Waals surface area (Å²) in [6.45, 7) is 1.27. The summed E-state index contributed by atoms with van der Waals surface area (Å²) in [7, 11) is -3.64. The fourth-order valence-electron chi connectivity index (χ4n) is 6.61. The maximum absolute atomic E-state index is 13.0. The molecule has 32 heavy (non-hydrogen) atoms. The summed E-state index contributed by atoms with van der Waals surface area (Å²) >= 11 is 0. The van der Waals surface area contributed by atoms with Crippen LogP contribution in [0.3, 0.4) is 0 Å². The number of amides is 2. The predicted molar refractivity (Wildman–Crippen MR) is 118 cm³/mol. The molecule has 0 aromatic heterocycles. The topological polar surface area (TPSA) is 105 Å². The van der Waals surface area contributed by atoms with E-state index < -0.39 is 10.0 Å². The molecule has 4 saturated carbocycles. The molecule has 1 aliphatic heterocycles. The quantitative estimate of drug-likeness (QED) is 0.674. The third-order valence-corrected chi connectivity index (χ3v) is 9.55. The molecule has 0 atom stereocenters. The molecule has 4 bridgehead atoms. The summed E-state index contributed by atoms with van der Waals surface area (Å²) in [6, 6.07) is 6.24. The Labute approximate surface area is 189 Å². The van der Waals surface area contributed by atoms with Gasteiger partial charge in [0.2, 0.25) is 21.8 Å². The first-order valence-corrected chi connectivity index (χ1v) is 13.0. The molecule has 1 aromatic rings.